The highest BCUT2D eigenvalue weighted by Gasteiger charge is 2.11. The topological polar surface area (TPSA) is 85.4 Å². The molecule has 1 aromatic carbocycles. The van der Waals surface area contributed by atoms with E-state index in [1.807, 2.05) is 13.8 Å². The number of carbonyl (C=O) groups is 1. The zero-order valence-electron chi connectivity index (χ0n) is 13.6. The van der Waals surface area contributed by atoms with E-state index in [1.165, 1.54) is 19.5 Å². The molecule has 1 heterocycles. The third-order valence-electron chi connectivity index (χ3n) is 2.96. The molecule has 0 bridgehead atoms. The van der Waals surface area contributed by atoms with E-state index in [-0.39, 0.29) is 17.6 Å². The molecule has 2 N–H and O–H groups in total. The molecule has 0 radical (unpaired) electrons. The number of ether oxygens (including phenoxy) is 2. The van der Waals surface area contributed by atoms with E-state index in [0.717, 1.165) is 0 Å². The highest BCUT2D eigenvalue weighted by molar-refractivity contribution is 6.02. The fraction of sp³-hybridized carbons (Fsp3) is 0.312. The number of amides is 1. The third kappa shape index (κ3) is 4.32. The molecule has 7 nitrogen and oxygen atoms in total. The number of carbonyl (C=O) groups excluding carboxylic acids is 1. The summed E-state index contributed by atoms with van der Waals surface area (Å²) in [5.74, 6) is 1.41. The minimum atomic E-state index is -0.346. The van der Waals surface area contributed by atoms with Crippen LogP contribution in [0, 0.1) is 0 Å². The van der Waals surface area contributed by atoms with E-state index in [1.54, 1.807) is 25.3 Å². The van der Waals surface area contributed by atoms with Crippen LogP contribution in [0.25, 0.3) is 0 Å². The molecule has 0 fully saturated rings. The number of rotatable bonds is 6. The number of methoxy groups -OCH3 is 2. The monoisotopic (exact) mass is 316 g/mol. The second kappa shape index (κ2) is 7.44. The summed E-state index contributed by atoms with van der Waals surface area (Å²) in [5, 5.41) is 5.86. The van der Waals surface area contributed by atoms with Gasteiger partial charge in [-0.25, -0.2) is 9.97 Å². The first kappa shape index (κ1) is 16.5. The minimum Gasteiger partial charge on any atom is -0.493 e. The molecule has 0 aliphatic rings. The van der Waals surface area contributed by atoms with Crippen LogP contribution in [0.2, 0.25) is 0 Å². The average Bonchev–Trinajstić information content (AvgIpc) is 2.54. The highest BCUT2D eigenvalue weighted by Crippen LogP contribution is 2.29. The van der Waals surface area contributed by atoms with Gasteiger partial charge in [-0.2, -0.15) is 0 Å². The van der Waals surface area contributed by atoms with Gasteiger partial charge in [0, 0.05) is 17.8 Å². The fourth-order valence-corrected chi connectivity index (χ4v) is 1.92. The molecule has 122 valence electrons. The standard InChI is InChI=1S/C16H20N4O3/c1-10(2)19-15-9-17-12(8-18-15)16(21)20-11-5-6-13(22-3)14(7-11)23-4/h5-10H,1-4H3,(H,18,19)(H,20,21). The maximum absolute atomic E-state index is 12.2. The minimum absolute atomic E-state index is 0.231. The molecule has 23 heavy (non-hydrogen) atoms. The largest absolute Gasteiger partial charge is 0.493 e. The van der Waals surface area contributed by atoms with Crippen LogP contribution < -0.4 is 20.1 Å². The van der Waals surface area contributed by atoms with E-state index in [0.29, 0.717) is 23.0 Å². The number of anilines is 2. The van der Waals surface area contributed by atoms with Crippen molar-refractivity contribution in [2.75, 3.05) is 24.9 Å². The molecule has 2 aromatic rings. The van der Waals surface area contributed by atoms with Gasteiger partial charge in [0.15, 0.2) is 11.5 Å². The number of nitrogens with one attached hydrogen (secondary N) is 2. The molecular formula is C16H20N4O3. The van der Waals surface area contributed by atoms with Crippen LogP contribution >= 0.6 is 0 Å². The molecule has 0 aliphatic carbocycles. The predicted molar refractivity (Wildman–Crippen MR) is 88.3 cm³/mol. The van der Waals surface area contributed by atoms with Crippen molar-refractivity contribution in [3.05, 3.63) is 36.3 Å². The summed E-state index contributed by atoms with van der Waals surface area (Å²) in [4.78, 5) is 20.5. The van der Waals surface area contributed by atoms with Crippen LogP contribution in [-0.2, 0) is 0 Å². The molecule has 0 aliphatic heterocycles. The number of hydrogen-bond donors (Lipinski definition) is 2. The molecule has 0 atom stereocenters. The molecular weight excluding hydrogens is 296 g/mol. The van der Waals surface area contributed by atoms with Gasteiger partial charge >= 0.3 is 0 Å². The molecule has 1 amide bonds. The van der Waals surface area contributed by atoms with Crippen LogP contribution in [0.3, 0.4) is 0 Å². The van der Waals surface area contributed by atoms with Gasteiger partial charge in [-0.05, 0) is 26.0 Å². The van der Waals surface area contributed by atoms with Gasteiger partial charge in [-0.1, -0.05) is 0 Å². The van der Waals surface area contributed by atoms with Crippen LogP contribution in [0.4, 0.5) is 11.5 Å². The summed E-state index contributed by atoms with van der Waals surface area (Å²) in [6.07, 6.45) is 2.96. The van der Waals surface area contributed by atoms with Crippen molar-refractivity contribution < 1.29 is 14.3 Å². The predicted octanol–water partition coefficient (Wildman–Crippen LogP) is 2.57. The van der Waals surface area contributed by atoms with Crippen molar-refractivity contribution in [2.45, 2.75) is 19.9 Å². The van der Waals surface area contributed by atoms with E-state index >= 15 is 0 Å². The number of nitrogens with zero attached hydrogens (tertiary/aromatic N) is 2. The van der Waals surface area contributed by atoms with Gasteiger partial charge in [-0.15, -0.1) is 0 Å². The average molecular weight is 316 g/mol. The Morgan fingerprint density at radius 2 is 1.83 bits per heavy atom. The lowest BCUT2D eigenvalue weighted by Gasteiger charge is -2.11. The Bertz CT molecular complexity index is 672. The summed E-state index contributed by atoms with van der Waals surface area (Å²) in [7, 11) is 3.09. The lowest BCUT2D eigenvalue weighted by molar-refractivity contribution is 0.102. The molecule has 7 heteroatoms. The Hall–Kier alpha value is -2.83. The van der Waals surface area contributed by atoms with Crippen molar-refractivity contribution in [2.24, 2.45) is 0 Å². The van der Waals surface area contributed by atoms with Gasteiger partial charge in [0.2, 0.25) is 0 Å². The summed E-state index contributed by atoms with van der Waals surface area (Å²) >= 11 is 0. The maximum atomic E-state index is 12.2. The Kier molecular flexibility index (Phi) is 5.35. The molecule has 1 aromatic heterocycles. The molecule has 0 unspecified atom stereocenters. The maximum Gasteiger partial charge on any atom is 0.275 e. The van der Waals surface area contributed by atoms with E-state index in [4.69, 9.17) is 9.47 Å². The normalized spacial score (nSPS) is 10.3. The van der Waals surface area contributed by atoms with Gasteiger partial charge in [0.25, 0.3) is 5.91 Å². The van der Waals surface area contributed by atoms with Crippen molar-refractivity contribution in [3.63, 3.8) is 0 Å². The molecule has 0 spiro atoms. The molecule has 0 saturated heterocycles. The molecule has 2 rings (SSSR count). The third-order valence-corrected chi connectivity index (χ3v) is 2.96. The SMILES string of the molecule is COc1ccc(NC(=O)c2cnc(NC(C)C)cn2)cc1OC. The zero-order valence-corrected chi connectivity index (χ0v) is 13.6. The first-order valence-electron chi connectivity index (χ1n) is 7.15. The van der Waals surface area contributed by atoms with E-state index < -0.39 is 0 Å². The smallest absolute Gasteiger partial charge is 0.275 e. The van der Waals surface area contributed by atoms with Crippen LogP contribution in [0.5, 0.6) is 11.5 Å². The van der Waals surface area contributed by atoms with Crippen molar-refractivity contribution >= 4 is 17.4 Å². The van der Waals surface area contributed by atoms with Gasteiger partial charge in [0.05, 0.1) is 26.6 Å². The Balaban J connectivity index is 2.09. The summed E-state index contributed by atoms with van der Waals surface area (Å²) in [6, 6.07) is 5.37. The van der Waals surface area contributed by atoms with Gasteiger partial charge in [-0.3, -0.25) is 4.79 Å². The van der Waals surface area contributed by atoms with Crippen LogP contribution in [-0.4, -0.2) is 36.1 Å². The second-order valence-corrected chi connectivity index (χ2v) is 5.11. The highest BCUT2D eigenvalue weighted by atomic mass is 16.5. The van der Waals surface area contributed by atoms with E-state index in [2.05, 4.69) is 20.6 Å². The summed E-state index contributed by atoms with van der Waals surface area (Å²) < 4.78 is 10.4. The second-order valence-electron chi connectivity index (χ2n) is 5.11. The van der Waals surface area contributed by atoms with Crippen LogP contribution in [0.1, 0.15) is 24.3 Å². The first-order chi connectivity index (χ1) is 11.0. The van der Waals surface area contributed by atoms with E-state index in [9.17, 15) is 4.79 Å². The Morgan fingerprint density at radius 1 is 1.09 bits per heavy atom. The lowest BCUT2D eigenvalue weighted by atomic mass is 10.2. The molecule has 0 saturated carbocycles. The lowest BCUT2D eigenvalue weighted by Crippen LogP contribution is -2.16. The number of benzene rings is 1. The van der Waals surface area contributed by atoms with Crippen molar-refractivity contribution in [1.82, 2.24) is 9.97 Å². The van der Waals surface area contributed by atoms with Crippen LogP contribution in [0.15, 0.2) is 30.6 Å². The Morgan fingerprint density at radius 3 is 2.39 bits per heavy atom. The van der Waals surface area contributed by atoms with Gasteiger partial charge < -0.3 is 20.1 Å². The zero-order chi connectivity index (χ0) is 16.8. The van der Waals surface area contributed by atoms with Crippen molar-refractivity contribution in [1.29, 1.82) is 0 Å². The number of aromatic nitrogens is 2. The fourth-order valence-electron chi connectivity index (χ4n) is 1.92. The summed E-state index contributed by atoms with van der Waals surface area (Å²) in [5.41, 5.74) is 0.813. The summed E-state index contributed by atoms with van der Waals surface area (Å²) in [6.45, 7) is 4.00. The quantitative estimate of drug-likeness (QED) is 0.852. The van der Waals surface area contributed by atoms with Crippen molar-refractivity contribution in [3.8, 4) is 11.5 Å². The Labute approximate surface area is 135 Å². The number of hydrogen-bond acceptors (Lipinski definition) is 6. The first-order valence-corrected chi connectivity index (χ1v) is 7.15. The van der Waals surface area contributed by atoms with Gasteiger partial charge in [0.1, 0.15) is 11.5 Å².